The van der Waals surface area contributed by atoms with Crippen LogP contribution in [0.15, 0.2) is 18.2 Å². The van der Waals surface area contributed by atoms with E-state index >= 15 is 0 Å². The number of nitro groups is 1. The van der Waals surface area contributed by atoms with Crippen LogP contribution in [0.4, 0.5) is 10.1 Å². The molecule has 0 atom stereocenters. The molecule has 0 saturated heterocycles. The summed E-state index contributed by atoms with van der Waals surface area (Å²) in [5, 5.41) is 17.8. The van der Waals surface area contributed by atoms with Crippen molar-refractivity contribution in [2.45, 2.75) is 6.92 Å². The Balaban J connectivity index is 3.07. The zero-order valence-electron chi connectivity index (χ0n) is 7.99. The number of nitrogens with zero attached hydrogens (tertiary/aromatic N) is 1. The Morgan fingerprint density at radius 1 is 1.67 bits per heavy atom. The van der Waals surface area contributed by atoms with E-state index in [2.05, 4.69) is 0 Å². The van der Waals surface area contributed by atoms with Gasteiger partial charge < -0.3 is 4.74 Å². The average Bonchev–Trinajstić information content (AvgIpc) is 2.18. The zero-order valence-corrected chi connectivity index (χ0v) is 7.99. The number of benzene rings is 1. The maximum atomic E-state index is 12.9. The van der Waals surface area contributed by atoms with Gasteiger partial charge in [0, 0.05) is 11.6 Å². The van der Waals surface area contributed by atoms with E-state index in [1.165, 1.54) is 6.07 Å². The highest BCUT2D eigenvalue weighted by Gasteiger charge is 2.16. The van der Waals surface area contributed by atoms with Crippen LogP contribution in [-0.4, -0.2) is 17.4 Å². The third-order valence-electron chi connectivity index (χ3n) is 1.69. The molecule has 0 aliphatic rings. The lowest BCUT2D eigenvalue weighted by atomic mass is 10.2. The van der Waals surface area contributed by atoms with Gasteiger partial charge >= 0.3 is 5.69 Å². The van der Waals surface area contributed by atoms with Gasteiger partial charge in [-0.3, -0.25) is 15.5 Å². The molecule has 0 amide bonds. The predicted molar refractivity (Wildman–Crippen MR) is 51.5 cm³/mol. The molecule has 80 valence electrons. The van der Waals surface area contributed by atoms with Gasteiger partial charge in [-0.25, -0.2) is 0 Å². The first kappa shape index (κ1) is 11.1. The second kappa shape index (κ2) is 4.50. The summed E-state index contributed by atoms with van der Waals surface area (Å²) in [6, 6.07) is 3.19. The summed E-state index contributed by atoms with van der Waals surface area (Å²) in [5.41, 5.74) is -0.470. The van der Waals surface area contributed by atoms with E-state index in [1.807, 2.05) is 0 Å². The standard InChI is InChI=1S/C9H9FN2O3/c1-2-15-9(11)6-3-4-7(10)8(5-6)12(13)14/h3-5,11H,2H2,1H3. The predicted octanol–water partition coefficient (Wildman–Crippen LogP) is 2.10. The van der Waals surface area contributed by atoms with Crippen molar-refractivity contribution in [2.24, 2.45) is 0 Å². The first-order chi connectivity index (χ1) is 7.06. The van der Waals surface area contributed by atoms with Gasteiger partial charge in [-0.2, -0.15) is 4.39 Å². The van der Waals surface area contributed by atoms with Crippen molar-refractivity contribution in [1.82, 2.24) is 0 Å². The summed E-state index contributed by atoms with van der Waals surface area (Å²) in [4.78, 5) is 9.57. The van der Waals surface area contributed by atoms with Crippen molar-refractivity contribution in [3.8, 4) is 0 Å². The van der Waals surface area contributed by atoms with Crippen molar-refractivity contribution in [3.05, 3.63) is 39.7 Å². The van der Waals surface area contributed by atoms with Crippen LogP contribution in [0.5, 0.6) is 0 Å². The van der Waals surface area contributed by atoms with Gasteiger partial charge in [0.1, 0.15) is 0 Å². The quantitative estimate of drug-likeness (QED) is 0.360. The normalized spacial score (nSPS) is 9.73. The van der Waals surface area contributed by atoms with Crippen molar-refractivity contribution >= 4 is 11.6 Å². The van der Waals surface area contributed by atoms with Crippen LogP contribution >= 0.6 is 0 Å². The van der Waals surface area contributed by atoms with Crippen molar-refractivity contribution in [1.29, 1.82) is 5.41 Å². The van der Waals surface area contributed by atoms with Gasteiger partial charge in [0.2, 0.25) is 11.7 Å². The van der Waals surface area contributed by atoms with E-state index in [0.29, 0.717) is 0 Å². The molecule has 0 aliphatic heterocycles. The lowest BCUT2D eigenvalue weighted by molar-refractivity contribution is -0.387. The van der Waals surface area contributed by atoms with Gasteiger partial charge in [-0.05, 0) is 19.1 Å². The lowest BCUT2D eigenvalue weighted by Crippen LogP contribution is -2.05. The Morgan fingerprint density at radius 3 is 2.87 bits per heavy atom. The SMILES string of the molecule is CCOC(=N)c1ccc(F)c([N+](=O)[O-])c1. The van der Waals surface area contributed by atoms with Crippen LogP contribution in [0.3, 0.4) is 0 Å². The minimum Gasteiger partial charge on any atom is -0.478 e. The van der Waals surface area contributed by atoms with E-state index in [4.69, 9.17) is 10.1 Å². The third-order valence-corrected chi connectivity index (χ3v) is 1.69. The van der Waals surface area contributed by atoms with Crippen LogP contribution in [-0.2, 0) is 4.74 Å². The Morgan fingerprint density at radius 2 is 2.33 bits per heavy atom. The highest BCUT2D eigenvalue weighted by molar-refractivity contribution is 5.92. The molecule has 6 heteroatoms. The summed E-state index contributed by atoms with van der Waals surface area (Å²) in [6.45, 7) is 1.97. The molecule has 0 bridgehead atoms. The molecule has 0 radical (unpaired) electrons. The summed E-state index contributed by atoms with van der Waals surface area (Å²) in [5.74, 6) is -1.13. The Hall–Kier alpha value is -1.98. The van der Waals surface area contributed by atoms with Crippen LogP contribution < -0.4 is 0 Å². The molecule has 0 unspecified atom stereocenters. The van der Waals surface area contributed by atoms with Gasteiger partial charge in [0.15, 0.2) is 0 Å². The maximum absolute atomic E-state index is 12.9. The van der Waals surface area contributed by atoms with Gasteiger partial charge in [0.05, 0.1) is 11.5 Å². The molecule has 0 aromatic heterocycles. The summed E-state index contributed by atoms with van der Waals surface area (Å²) >= 11 is 0. The lowest BCUT2D eigenvalue weighted by Gasteiger charge is -2.04. The van der Waals surface area contributed by atoms with Crippen molar-refractivity contribution in [3.63, 3.8) is 0 Å². The van der Waals surface area contributed by atoms with E-state index < -0.39 is 16.4 Å². The summed E-state index contributed by atoms with van der Waals surface area (Å²) in [6.07, 6.45) is 0. The van der Waals surface area contributed by atoms with Gasteiger partial charge in [-0.1, -0.05) is 0 Å². The fourth-order valence-corrected chi connectivity index (χ4v) is 1.02. The van der Waals surface area contributed by atoms with Crippen LogP contribution in [0, 0.1) is 21.3 Å². The summed E-state index contributed by atoms with van der Waals surface area (Å²) < 4.78 is 17.8. The van der Waals surface area contributed by atoms with Crippen molar-refractivity contribution < 1.29 is 14.1 Å². The monoisotopic (exact) mass is 212 g/mol. The fraction of sp³-hybridized carbons (Fsp3) is 0.222. The summed E-state index contributed by atoms with van der Waals surface area (Å²) in [7, 11) is 0. The number of halogens is 1. The third kappa shape index (κ3) is 2.49. The number of hydrogen-bond donors (Lipinski definition) is 1. The van der Waals surface area contributed by atoms with E-state index in [-0.39, 0.29) is 18.1 Å². The molecule has 5 nitrogen and oxygen atoms in total. The van der Waals surface area contributed by atoms with Gasteiger partial charge in [-0.15, -0.1) is 0 Å². The molecule has 0 heterocycles. The topological polar surface area (TPSA) is 76.2 Å². The number of nitrogens with one attached hydrogen (secondary N) is 1. The molecule has 15 heavy (non-hydrogen) atoms. The average molecular weight is 212 g/mol. The van der Waals surface area contributed by atoms with Crippen LogP contribution in [0.1, 0.15) is 12.5 Å². The number of rotatable bonds is 3. The van der Waals surface area contributed by atoms with Crippen LogP contribution in [0.2, 0.25) is 0 Å². The number of nitro benzene ring substituents is 1. The minimum absolute atomic E-state index is 0.185. The molecule has 0 spiro atoms. The van der Waals surface area contributed by atoms with E-state index in [9.17, 15) is 14.5 Å². The molecule has 0 aliphatic carbocycles. The highest BCUT2D eigenvalue weighted by Crippen LogP contribution is 2.18. The Labute approximate surface area is 85.1 Å². The second-order valence-corrected chi connectivity index (χ2v) is 2.69. The fourth-order valence-electron chi connectivity index (χ4n) is 1.02. The molecular formula is C9H9FN2O3. The Kier molecular flexibility index (Phi) is 3.33. The van der Waals surface area contributed by atoms with E-state index in [1.54, 1.807) is 6.92 Å². The minimum atomic E-state index is -0.923. The van der Waals surface area contributed by atoms with Crippen LogP contribution in [0.25, 0.3) is 0 Å². The molecule has 1 aromatic rings. The molecule has 0 saturated carbocycles. The second-order valence-electron chi connectivity index (χ2n) is 2.69. The van der Waals surface area contributed by atoms with E-state index in [0.717, 1.165) is 12.1 Å². The largest absolute Gasteiger partial charge is 0.478 e. The molecule has 1 aromatic carbocycles. The maximum Gasteiger partial charge on any atom is 0.305 e. The number of hydrogen-bond acceptors (Lipinski definition) is 4. The first-order valence-electron chi connectivity index (χ1n) is 4.22. The van der Waals surface area contributed by atoms with Gasteiger partial charge in [0.25, 0.3) is 0 Å². The molecule has 1 N–H and O–H groups in total. The Bertz CT molecular complexity index is 406. The number of ether oxygens (including phenoxy) is 1. The first-order valence-corrected chi connectivity index (χ1v) is 4.22. The molecule has 0 fully saturated rings. The van der Waals surface area contributed by atoms with Crippen molar-refractivity contribution in [2.75, 3.05) is 6.61 Å². The highest BCUT2D eigenvalue weighted by atomic mass is 19.1. The smallest absolute Gasteiger partial charge is 0.305 e. The molecule has 1 rings (SSSR count). The zero-order chi connectivity index (χ0) is 11.4. The molecular weight excluding hydrogens is 203 g/mol.